The fourth-order valence-corrected chi connectivity index (χ4v) is 3.56. The standard InChI is InChI=1S/C17H18ClN5O2/c1-9-5-10(18)6-12(25)14(9)16-21-15-17(22(16)2)19-7-13(20-15)23-4-3-11(24)8-23/h5-7,11,24-25H,3-4,8H2,1-2H3/t11-/m1/s1. The molecule has 0 saturated carbocycles. The first-order valence-electron chi connectivity index (χ1n) is 8.06. The van der Waals surface area contributed by atoms with Crippen LogP contribution in [0.5, 0.6) is 5.75 Å². The van der Waals surface area contributed by atoms with Gasteiger partial charge in [0, 0.05) is 25.2 Å². The highest BCUT2D eigenvalue weighted by atomic mass is 35.5. The zero-order chi connectivity index (χ0) is 17.7. The minimum absolute atomic E-state index is 0.0753. The number of hydrogen-bond donors (Lipinski definition) is 2. The summed E-state index contributed by atoms with van der Waals surface area (Å²) in [4.78, 5) is 15.6. The molecule has 3 heterocycles. The van der Waals surface area contributed by atoms with E-state index >= 15 is 0 Å². The molecule has 1 aromatic carbocycles. The number of anilines is 1. The van der Waals surface area contributed by atoms with Gasteiger partial charge in [-0.3, -0.25) is 0 Å². The number of aliphatic hydroxyl groups is 1. The first-order chi connectivity index (χ1) is 11.9. The van der Waals surface area contributed by atoms with Gasteiger partial charge in [0.2, 0.25) is 0 Å². The molecule has 0 unspecified atom stereocenters. The second kappa shape index (κ2) is 5.86. The zero-order valence-electron chi connectivity index (χ0n) is 13.9. The van der Waals surface area contributed by atoms with Crippen molar-refractivity contribution in [1.29, 1.82) is 0 Å². The molecular formula is C17H18ClN5O2. The number of nitrogens with zero attached hydrogens (tertiary/aromatic N) is 5. The number of aromatic hydroxyl groups is 1. The molecule has 1 aliphatic heterocycles. The summed E-state index contributed by atoms with van der Waals surface area (Å²) in [6.45, 7) is 3.17. The van der Waals surface area contributed by atoms with Crippen LogP contribution < -0.4 is 4.90 Å². The van der Waals surface area contributed by atoms with E-state index in [2.05, 4.69) is 15.0 Å². The quantitative estimate of drug-likeness (QED) is 0.729. The maximum Gasteiger partial charge on any atom is 0.200 e. The molecule has 1 fully saturated rings. The first-order valence-corrected chi connectivity index (χ1v) is 8.44. The van der Waals surface area contributed by atoms with Gasteiger partial charge in [0.05, 0.1) is 17.9 Å². The molecular weight excluding hydrogens is 342 g/mol. The normalized spacial score (nSPS) is 17.6. The third-order valence-electron chi connectivity index (χ3n) is 4.56. The summed E-state index contributed by atoms with van der Waals surface area (Å²) in [6.07, 6.45) is 2.09. The van der Waals surface area contributed by atoms with Crippen molar-refractivity contribution < 1.29 is 10.2 Å². The van der Waals surface area contributed by atoms with Crippen LogP contribution >= 0.6 is 11.6 Å². The van der Waals surface area contributed by atoms with Crippen molar-refractivity contribution in [2.45, 2.75) is 19.4 Å². The van der Waals surface area contributed by atoms with Gasteiger partial charge in [0.25, 0.3) is 0 Å². The van der Waals surface area contributed by atoms with Crippen LogP contribution in [0.25, 0.3) is 22.7 Å². The number of benzene rings is 1. The fourth-order valence-electron chi connectivity index (χ4n) is 3.29. The monoisotopic (exact) mass is 359 g/mol. The van der Waals surface area contributed by atoms with Crippen molar-refractivity contribution in [3.8, 4) is 17.1 Å². The molecule has 0 amide bonds. The summed E-state index contributed by atoms with van der Waals surface area (Å²) in [5.74, 6) is 1.36. The number of β-amino-alcohol motifs (C(OH)–C–C–N with tert-alkyl or cyclic N) is 1. The molecule has 2 aromatic heterocycles. The molecule has 8 heteroatoms. The van der Waals surface area contributed by atoms with Crippen molar-refractivity contribution in [3.63, 3.8) is 0 Å². The first kappa shape index (κ1) is 16.1. The predicted molar refractivity (Wildman–Crippen MR) is 96.0 cm³/mol. The van der Waals surface area contributed by atoms with Gasteiger partial charge in [-0.1, -0.05) is 11.6 Å². The number of phenolic OH excluding ortho intramolecular Hbond substituents is 1. The molecule has 2 N–H and O–H groups in total. The molecule has 130 valence electrons. The van der Waals surface area contributed by atoms with Gasteiger partial charge in [-0.05, 0) is 31.0 Å². The Morgan fingerprint density at radius 2 is 2.08 bits per heavy atom. The summed E-state index contributed by atoms with van der Waals surface area (Å²) in [6, 6.07) is 3.29. The van der Waals surface area contributed by atoms with E-state index in [4.69, 9.17) is 11.6 Å². The lowest BCUT2D eigenvalue weighted by atomic mass is 10.1. The fraction of sp³-hybridized carbons (Fsp3) is 0.353. The Morgan fingerprint density at radius 1 is 1.28 bits per heavy atom. The predicted octanol–water partition coefficient (Wildman–Crippen LogP) is 2.27. The maximum atomic E-state index is 10.3. The molecule has 0 aliphatic carbocycles. The van der Waals surface area contributed by atoms with Gasteiger partial charge < -0.3 is 19.7 Å². The molecule has 0 radical (unpaired) electrons. The molecule has 0 spiro atoms. The van der Waals surface area contributed by atoms with Gasteiger partial charge in [0.15, 0.2) is 11.3 Å². The van der Waals surface area contributed by atoms with Crippen LogP contribution in [-0.2, 0) is 7.05 Å². The summed E-state index contributed by atoms with van der Waals surface area (Å²) in [5, 5.41) is 20.5. The largest absolute Gasteiger partial charge is 0.507 e. The average Bonchev–Trinajstić information content (AvgIpc) is 3.11. The Hall–Kier alpha value is -2.38. The van der Waals surface area contributed by atoms with Gasteiger partial charge in [-0.25, -0.2) is 15.0 Å². The van der Waals surface area contributed by atoms with Crippen LogP contribution in [0.3, 0.4) is 0 Å². The van der Waals surface area contributed by atoms with E-state index in [0.717, 1.165) is 18.5 Å². The van der Waals surface area contributed by atoms with Crippen LogP contribution in [0.4, 0.5) is 5.82 Å². The van der Waals surface area contributed by atoms with Crippen LogP contribution in [0.2, 0.25) is 5.02 Å². The molecule has 4 rings (SSSR count). The van der Waals surface area contributed by atoms with E-state index in [0.29, 0.717) is 40.1 Å². The van der Waals surface area contributed by atoms with Crippen LogP contribution in [0.15, 0.2) is 18.3 Å². The van der Waals surface area contributed by atoms with Gasteiger partial charge in [-0.2, -0.15) is 0 Å². The van der Waals surface area contributed by atoms with Crippen LogP contribution in [0.1, 0.15) is 12.0 Å². The second-order valence-electron chi connectivity index (χ2n) is 6.38. The van der Waals surface area contributed by atoms with Crippen molar-refractivity contribution in [1.82, 2.24) is 19.5 Å². The van der Waals surface area contributed by atoms with E-state index < -0.39 is 0 Å². The number of halogens is 1. The smallest absolute Gasteiger partial charge is 0.200 e. The highest BCUT2D eigenvalue weighted by Gasteiger charge is 2.23. The average molecular weight is 360 g/mol. The molecule has 1 saturated heterocycles. The minimum atomic E-state index is -0.328. The van der Waals surface area contributed by atoms with E-state index in [9.17, 15) is 10.2 Å². The molecule has 1 atom stereocenters. The molecule has 0 bridgehead atoms. The molecule has 3 aromatic rings. The van der Waals surface area contributed by atoms with Crippen LogP contribution in [0, 0.1) is 6.92 Å². The Morgan fingerprint density at radius 3 is 2.76 bits per heavy atom. The number of fused-ring (bicyclic) bond motifs is 1. The van der Waals surface area contributed by atoms with Crippen molar-refractivity contribution >= 4 is 28.7 Å². The number of aryl methyl sites for hydroxylation is 2. The Labute approximate surface area is 149 Å². The highest BCUT2D eigenvalue weighted by Crippen LogP contribution is 2.35. The van der Waals surface area contributed by atoms with Crippen LogP contribution in [-0.4, -0.2) is 48.9 Å². The van der Waals surface area contributed by atoms with Crippen molar-refractivity contribution in [2.24, 2.45) is 7.05 Å². The maximum absolute atomic E-state index is 10.3. The third-order valence-corrected chi connectivity index (χ3v) is 4.78. The number of hydrogen-bond acceptors (Lipinski definition) is 6. The minimum Gasteiger partial charge on any atom is -0.507 e. The topological polar surface area (TPSA) is 87.3 Å². The summed E-state index contributed by atoms with van der Waals surface area (Å²) >= 11 is 6.00. The van der Waals surface area contributed by atoms with E-state index in [1.54, 1.807) is 16.8 Å². The lowest BCUT2D eigenvalue weighted by molar-refractivity contribution is 0.198. The number of aromatic nitrogens is 4. The zero-order valence-corrected chi connectivity index (χ0v) is 14.7. The summed E-state index contributed by atoms with van der Waals surface area (Å²) in [5.41, 5.74) is 2.58. The Balaban J connectivity index is 1.83. The molecule has 1 aliphatic rings. The van der Waals surface area contributed by atoms with E-state index in [1.807, 2.05) is 18.9 Å². The number of phenols is 1. The van der Waals surface area contributed by atoms with Gasteiger partial charge in [-0.15, -0.1) is 0 Å². The SMILES string of the molecule is Cc1cc(Cl)cc(O)c1-c1nc2nc(N3CC[C@@H](O)C3)cnc2n1C. The third kappa shape index (κ3) is 2.69. The summed E-state index contributed by atoms with van der Waals surface area (Å²) in [7, 11) is 1.84. The van der Waals surface area contributed by atoms with Gasteiger partial charge >= 0.3 is 0 Å². The number of aliphatic hydroxyl groups excluding tert-OH is 1. The molecule has 7 nitrogen and oxygen atoms in total. The van der Waals surface area contributed by atoms with Gasteiger partial charge in [0.1, 0.15) is 17.4 Å². The lowest BCUT2D eigenvalue weighted by Crippen LogP contribution is -2.22. The van der Waals surface area contributed by atoms with Crippen molar-refractivity contribution in [2.75, 3.05) is 18.0 Å². The number of imidazole rings is 1. The van der Waals surface area contributed by atoms with Crippen molar-refractivity contribution in [3.05, 3.63) is 28.9 Å². The Kier molecular flexibility index (Phi) is 3.77. The number of rotatable bonds is 2. The molecule has 25 heavy (non-hydrogen) atoms. The summed E-state index contributed by atoms with van der Waals surface area (Å²) < 4.78 is 1.81. The second-order valence-corrected chi connectivity index (χ2v) is 6.81. The van der Waals surface area contributed by atoms with E-state index in [-0.39, 0.29) is 11.9 Å². The Bertz CT molecular complexity index is 948. The lowest BCUT2D eigenvalue weighted by Gasteiger charge is -2.15. The van der Waals surface area contributed by atoms with E-state index in [1.165, 1.54) is 6.07 Å². The highest BCUT2D eigenvalue weighted by molar-refractivity contribution is 6.31.